The molecule has 0 radical (unpaired) electrons. The maximum atomic E-state index is 11.8. The monoisotopic (exact) mass is 350 g/mol. The van der Waals surface area contributed by atoms with Gasteiger partial charge in [0.15, 0.2) is 5.82 Å². The van der Waals surface area contributed by atoms with E-state index in [1.165, 1.54) is 6.20 Å². The lowest BCUT2D eigenvalue weighted by atomic mass is 10.2. The van der Waals surface area contributed by atoms with Gasteiger partial charge in [0.2, 0.25) is 5.95 Å². The summed E-state index contributed by atoms with van der Waals surface area (Å²) in [5, 5.41) is 6.03. The molecule has 2 aromatic rings. The summed E-state index contributed by atoms with van der Waals surface area (Å²) in [5.41, 5.74) is 3.02. The fourth-order valence-corrected chi connectivity index (χ4v) is 1.90. The molecule has 0 saturated heterocycles. The number of nitrogens with one attached hydrogen (secondary N) is 3. The molecule has 1 amide bonds. The minimum absolute atomic E-state index is 0.227. The highest BCUT2D eigenvalue weighted by Gasteiger charge is 2.16. The van der Waals surface area contributed by atoms with Gasteiger partial charge in [-0.25, -0.2) is 15.6 Å². The first-order valence-electron chi connectivity index (χ1n) is 7.13. The maximum absolute atomic E-state index is 11.8. The van der Waals surface area contributed by atoms with E-state index in [4.69, 9.17) is 22.2 Å². The van der Waals surface area contributed by atoms with Gasteiger partial charge in [0.25, 0.3) is 0 Å². The summed E-state index contributed by atoms with van der Waals surface area (Å²) in [6, 6.07) is 7.03. The molecule has 0 atom stereocenters. The molecule has 0 unspecified atom stereocenters. The molecule has 1 heterocycles. The number of hydrazine groups is 1. The molecule has 0 aliphatic carbocycles. The SMILES string of the molecule is CC(C)(C)OC(=O)Nc1cccc(Nc2nc(NN)ncc2Cl)c1. The number of rotatable bonds is 4. The fourth-order valence-electron chi connectivity index (χ4n) is 1.76. The highest BCUT2D eigenvalue weighted by molar-refractivity contribution is 6.32. The van der Waals surface area contributed by atoms with Gasteiger partial charge in [-0.05, 0) is 39.0 Å². The van der Waals surface area contributed by atoms with Crippen molar-refractivity contribution in [1.29, 1.82) is 0 Å². The molecule has 1 aromatic carbocycles. The minimum atomic E-state index is -0.569. The Balaban J connectivity index is 2.12. The van der Waals surface area contributed by atoms with Crippen molar-refractivity contribution in [2.45, 2.75) is 26.4 Å². The summed E-state index contributed by atoms with van der Waals surface area (Å²) >= 11 is 6.05. The number of carbonyl (C=O) groups excluding carboxylic acids is 1. The third-order valence-electron chi connectivity index (χ3n) is 2.64. The van der Waals surface area contributed by atoms with Crippen molar-refractivity contribution < 1.29 is 9.53 Å². The molecule has 8 nitrogen and oxygen atoms in total. The number of carbonyl (C=O) groups is 1. The predicted molar refractivity (Wildman–Crippen MR) is 94.4 cm³/mol. The summed E-state index contributed by atoms with van der Waals surface area (Å²) in [6.07, 6.45) is 0.892. The quantitative estimate of drug-likeness (QED) is 0.492. The lowest BCUT2D eigenvalue weighted by Gasteiger charge is -2.19. The average Bonchev–Trinajstić information content (AvgIpc) is 2.48. The van der Waals surface area contributed by atoms with Crippen LogP contribution in [0, 0.1) is 0 Å². The van der Waals surface area contributed by atoms with Crippen molar-refractivity contribution in [3.8, 4) is 0 Å². The molecule has 0 spiro atoms. The summed E-state index contributed by atoms with van der Waals surface area (Å²) in [5.74, 6) is 5.89. The van der Waals surface area contributed by atoms with Crippen LogP contribution in [-0.2, 0) is 4.74 Å². The van der Waals surface area contributed by atoms with Crippen LogP contribution >= 0.6 is 11.6 Å². The van der Waals surface area contributed by atoms with E-state index >= 15 is 0 Å². The van der Waals surface area contributed by atoms with Gasteiger partial charge in [0.05, 0.1) is 6.20 Å². The summed E-state index contributed by atoms with van der Waals surface area (Å²) in [4.78, 5) is 19.8. The zero-order valence-electron chi connectivity index (χ0n) is 13.6. The standard InChI is InChI=1S/C15H19ClN6O2/c1-15(2,3)24-14(23)20-10-6-4-5-9(7-10)19-12-11(16)8-18-13(21-12)22-17/h4-8H,17H2,1-3H3,(H,20,23)(H2,18,19,21,22). The lowest BCUT2D eigenvalue weighted by Crippen LogP contribution is -2.27. The van der Waals surface area contributed by atoms with Crippen LogP contribution in [0.2, 0.25) is 5.02 Å². The zero-order valence-corrected chi connectivity index (χ0v) is 14.3. The van der Waals surface area contributed by atoms with Crippen molar-refractivity contribution in [2.75, 3.05) is 16.1 Å². The highest BCUT2D eigenvalue weighted by atomic mass is 35.5. The number of halogens is 1. The Morgan fingerprint density at radius 1 is 1.29 bits per heavy atom. The van der Waals surface area contributed by atoms with E-state index in [1.54, 1.807) is 45.0 Å². The van der Waals surface area contributed by atoms with Crippen LogP contribution in [0.5, 0.6) is 0 Å². The molecule has 5 N–H and O–H groups in total. The molecule has 0 bridgehead atoms. The second-order valence-corrected chi connectivity index (χ2v) is 6.27. The van der Waals surface area contributed by atoms with Gasteiger partial charge in [0, 0.05) is 11.4 Å². The Morgan fingerprint density at radius 2 is 2.00 bits per heavy atom. The van der Waals surface area contributed by atoms with Gasteiger partial charge in [-0.2, -0.15) is 4.98 Å². The number of hydrogen-bond donors (Lipinski definition) is 4. The lowest BCUT2D eigenvalue weighted by molar-refractivity contribution is 0.0636. The number of nitrogens with zero attached hydrogens (tertiary/aromatic N) is 2. The van der Waals surface area contributed by atoms with Gasteiger partial charge in [0.1, 0.15) is 10.6 Å². The molecule has 0 saturated carbocycles. The van der Waals surface area contributed by atoms with Crippen LogP contribution in [0.15, 0.2) is 30.5 Å². The average molecular weight is 351 g/mol. The van der Waals surface area contributed by atoms with Gasteiger partial charge >= 0.3 is 6.09 Å². The zero-order chi connectivity index (χ0) is 17.7. The summed E-state index contributed by atoms with van der Waals surface area (Å²) < 4.78 is 5.21. The number of nitrogens with two attached hydrogens (primary N) is 1. The third kappa shape index (κ3) is 5.25. The van der Waals surface area contributed by atoms with E-state index < -0.39 is 11.7 Å². The Labute approximate surface area is 144 Å². The van der Waals surface area contributed by atoms with Crippen LogP contribution in [0.25, 0.3) is 0 Å². The molecule has 128 valence electrons. The second kappa shape index (κ2) is 7.33. The Hall–Kier alpha value is -2.58. The molecular formula is C15H19ClN6O2. The first-order valence-corrected chi connectivity index (χ1v) is 7.51. The highest BCUT2D eigenvalue weighted by Crippen LogP contribution is 2.25. The minimum Gasteiger partial charge on any atom is -0.444 e. The van der Waals surface area contributed by atoms with E-state index in [1.807, 2.05) is 0 Å². The Kier molecular flexibility index (Phi) is 5.42. The van der Waals surface area contributed by atoms with E-state index in [9.17, 15) is 4.79 Å². The van der Waals surface area contributed by atoms with Crippen molar-refractivity contribution in [2.24, 2.45) is 5.84 Å². The van der Waals surface area contributed by atoms with Crippen molar-refractivity contribution in [3.05, 3.63) is 35.5 Å². The third-order valence-corrected chi connectivity index (χ3v) is 2.92. The van der Waals surface area contributed by atoms with E-state index in [-0.39, 0.29) is 5.95 Å². The number of ether oxygens (including phenoxy) is 1. The van der Waals surface area contributed by atoms with Gasteiger partial charge < -0.3 is 10.1 Å². The van der Waals surface area contributed by atoms with Crippen LogP contribution in [-0.4, -0.2) is 21.7 Å². The molecule has 0 aliphatic heterocycles. The number of benzene rings is 1. The normalized spacial score (nSPS) is 10.9. The molecule has 0 fully saturated rings. The molecule has 9 heteroatoms. The molecule has 0 aliphatic rings. The van der Waals surface area contributed by atoms with Gasteiger partial charge in [-0.1, -0.05) is 17.7 Å². The van der Waals surface area contributed by atoms with Crippen LogP contribution in [0.1, 0.15) is 20.8 Å². The number of aromatic nitrogens is 2. The largest absolute Gasteiger partial charge is 0.444 e. The first kappa shape index (κ1) is 17.8. The van der Waals surface area contributed by atoms with Crippen LogP contribution in [0.4, 0.5) is 27.9 Å². The van der Waals surface area contributed by atoms with Crippen molar-refractivity contribution in [1.82, 2.24) is 9.97 Å². The van der Waals surface area contributed by atoms with E-state index in [0.717, 1.165) is 0 Å². The smallest absolute Gasteiger partial charge is 0.412 e. The summed E-state index contributed by atoms with van der Waals surface area (Å²) in [7, 11) is 0. The predicted octanol–water partition coefficient (Wildman–Crippen LogP) is 3.51. The van der Waals surface area contributed by atoms with E-state index in [0.29, 0.717) is 22.2 Å². The van der Waals surface area contributed by atoms with Gasteiger partial charge in [-0.15, -0.1) is 0 Å². The molecular weight excluding hydrogens is 332 g/mol. The van der Waals surface area contributed by atoms with Crippen molar-refractivity contribution >= 4 is 40.8 Å². The Morgan fingerprint density at radius 3 is 2.67 bits per heavy atom. The van der Waals surface area contributed by atoms with Crippen LogP contribution < -0.4 is 21.9 Å². The number of amides is 1. The molecule has 1 aromatic heterocycles. The Bertz CT molecular complexity index is 732. The van der Waals surface area contributed by atoms with E-state index in [2.05, 4.69) is 26.0 Å². The van der Waals surface area contributed by atoms with Crippen molar-refractivity contribution in [3.63, 3.8) is 0 Å². The summed E-state index contributed by atoms with van der Waals surface area (Å²) in [6.45, 7) is 5.39. The molecule has 2 rings (SSSR count). The number of nitrogen functional groups attached to an aromatic ring is 1. The fraction of sp³-hybridized carbons (Fsp3) is 0.267. The first-order chi connectivity index (χ1) is 11.3. The second-order valence-electron chi connectivity index (χ2n) is 5.87. The molecule has 24 heavy (non-hydrogen) atoms. The number of hydrogen-bond acceptors (Lipinski definition) is 7. The maximum Gasteiger partial charge on any atom is 0.412 e. The van der Waals surface area contributed by atoms with Crippen LogP contribution in [0.3, 0.4) is 0 Å². The van der Waals surface area contributed by atoms with Gasteiger partial charge in [-0.3, -0.25) is 10.7 Å². The topological polar surface area (TPSA) is 114 Å². The number of anilines is 4.